The Balaban J connectivity index is 4.58. The second-order valence-corrected chi connectivity index (χ2v) is 5.43. The highest BCUT2D eigenvalue weighted by molar-refractivity contribution is 5.06. The van der Waals surface area contributed by atoms with Crippen molar-refractivity contribution >= 4 is 0 Å². The Morgan fingerprint density at radius 3 is 2.00 bits per heavy atom. The summed E-state index contributed by atoms with van der Waals surface area (Å²) in [6.07, 6.45) is 7.47. The number of nitrogens with zero attached hydrogens (tertiary/aromatic N) is 2. The summed E-state index contributed by atoms with van der Waals surface area (Å²) in [6.45, 7) is 13.2. The predicted octanol–water partition coefficient (Wildman–Crippen LogP) is 3.91. The molecule has 1 atom stereocenters. The molecule has 0 aromatic carbocycles. The van der Waals surface area contributed by atoms with Gasteiger partial charge in [-0.05, 0) is 60.8 Å². The second kappa shape index (κ2) is 9.35. The number of likely N-dealkylation sites (N-methyl/N-ethyl adjacent to an activating group) is 2. The van der Waals surface area contributed by atoms with E-state index in [0.29, 0.717) is 6.17 Å². The summed E-state index contributed by atoms with van der Waals surface area (Å²) in [5.74, 6) is 0. The maximum Gasteiger partial charge on any atom is 0.0812 e. The minimum Gasteiger partial charge on any atom is -0.291 e. The van der Waals surface area contributed by atoms with E-state index in [4.69, 9.17) is 0 Å². The Kier molecular flexibility index (Phi) is 9.03. The summed E-state index contributed by atoms with van der Waals surface area (Å²) in [7, 11) is 4.31. The molecule has 0 fully saturated rings. The zero-order valence-corrected chi connectivity index (χ0v) is 13.5. The summed E-state index contributed by atoms with van der Waals surface area (Å²) in [4.78, 5) is 4.77. The van der Waals surface area contributed by atoms with Crippen molar-refractivity contribution < 1.29 is 0 Å². The Morgan fingerprint density at radius 1 is 1.06 bits per heavy atom. The Bertz CT molecular complexity index is 269. The van der Waals surface area contributed by atoms with Crippen LogP contribution in [0, 0.1) is 0 Å². The van der Waals surface area contributed by atoms with E-state index in [-0.39, 0.29) is 0 Å². The van der Waals surface area contributed by atoms with E-state index < -0.39 is 0 Å². The molecule has 2 nitrogen and oxygen atoms in total. The average molecular weight is 252 g/mol. The zero-order chi connectivity index (χ0) is 14.1. The SMILES string of the molecule is CCN(CC)C(/C=C(\C)CCC=C(C)C)N(C)C. The standard InChI is InChI=1S/C16H32N2/c1-8-18(9-2)16(17(6)7)13-15(5)12-10-11-14(3)4/h11,13,16H,8-10,12H2,1-7H3/b15-13+. The van der Waals surface area contributed by atoms with Crippen LogP contribution >= 0.6 is 0 Å². The highest BCUT2D eigenvalue weighted by atomic mass is 15.3. The quantitative estimate of drug-likeness (QED) is 0.477. The van der Waals surface area contributed by atoms with Gasteiger partial charge in [0.05, 0.1) is 6.17 Å². The van der Waals surface area contributed by atoms with Crippen molar-refractivity contribution in [2.24, 2.45) is 0 Å². The molecule has 0 aliphatic heterocycles. The van der Waals surface area contributed by atoms with Crippen molar-refractivity contribution in [3.63, 3.8) is 0 Å². The van der Waals surface area contributed by atoms with Gasteiger partial charge >= 0.3 is 0 Å². The number of rotatable bonds is 8. The number of hydrogen-bond acceptors (Lipinski definition) is 2. The van der Waals surface area contributed by atoms with Gasteiger partial charge in [0.15, 0.2) is 0 Å². The molecule has 0 spiro atoms. The van der Waals surface area contributed by atoms with E-state index in [1.807, 2.05) is 0 Å². The van der Waals surface area contributed by atoms with E-state index in [1.165, 1.54) is 11.1 Å². The van der Waals surface area contributed by atoms with Crippen molar-refractivity contribution in [3.05, 3.63) is 23.3 Å². The van der Waals surface area contributed by atoms with Crippen LogP contribution in [0.4, 0.5) is 0 Å². The van der Waals surface area contributed by atoms with Gasteiger partial charge in [0, 0.05) is 0 Å². The molecule has 0 saturated carbocycles. The summed E-state index contributed by atoms with van der Waals surface area (Å²) in [5.41, 5.74) is 2.90. The second-order valence-electron chi connectivity index (χ2n) is 5.43. The van der Waals surface area contributed by atoms with Crippen LogP contribution in [0.1, 0.15) is 47.5 Å². The van der Waals surface area contributed by atoms with Crippen molar-refractivity contribution in [2.75, 3.05) is 27.2 Å². The predicted molar refractivity (Wildman–Crippen MR) is 82.8 cm³/mol. The lowest BCUT2D eigenvalue weighted by Gasteiger charge is -2.33. The summed E-state index contributed by atoms with van der Waals surface area (Å²) in [5, 5.41) is 0. The molecule has 0 rings (SSSR count). The van der Waals surface area contributed by atoms with E-state index in [1.54, 1.807) is 0 Å². The minimum atomic E-state index is 0.423. The normalized spacial score (nSPS) is 14.2. The van der Waals surface area contributed by atoms with Crippen molar-refractivity contribution in [1.29, 1.82) is 0 Å². The lowest BCUT2D eigenvalue weighted by molar-refractivity contribution is 0.127. The van der Waals surface area contributed by atoms with Gasteiger partial charge in [-0.1, -0.05) is 37.1 Å². The Hall–Kier alpha value is -0.600. The van der Waals surface area contributed by atoms with Gasteiger partial charge < -0.3 is 0 Å². The van der Waals surface area contributed by atoms with Crippen LogP contribution in [0.3, 0.4) is 0 Å². The van der Waals surface area contributed by atoms with Gasteiger partial charge in [0.25, 0.3) is 0 Å². The molecule has 1 unspecified atom stereocenters. The Labute approximate surface area is 114 Å². The molecular formula is C16H32N2. The van der Waals surface area contributed by atoms with Gasteiger partial charge in [-0.2, -0.15) is 0 Å². The van der Waals surface area contributed by atoms with E-state index in [2.05, 4.69) is 70.7 Å². The first-order chi connectivity index (χ1) is 8.42. The third-order valence-corrected chi connectivity index (χ3v) is 3.24. The molecule has 18 heavy (non-hydrogen) atoms. The van der Waals surface area contributed by atoms with Gasteiger partial charge in [0.2, 0.25) is 0 Å². The molecule has 0 aliphatic rings. The lowest BCUT2D eigenvalue weighted by Crippen LogP contribution is -2.43. The molecule has 106 valence electrons. The maximum absolute atomic E-state index is 2.48. The minimum absolute atomic E-state index is 0.423. The van der Waals surface area contributed by atoms with Crippen LogP contribution in [0.25, 0.3) is 0 Å². The summed E-state index contributed by atoms with van der Waals surface area (Å²) < 4.78 is 0. The van der Waals surface area contributed by atoms with Gasteiger partial charge in [0.1, 0.15) is 0 Å². The van der Waals surface area contributed by atoms with Crippen LogP contribution in [-0.2, 0) is 0 Å². The molecule has 0 aromatic heterocycles. The number of allylic oxidation sites excluding steroid dienone is 3. The molecular weight excluding hydrogens is 220 g/mol. The largest absolute Gasteiger partial charge is 0.291 e. The van der Waals surface area contributed by atoms with Crippen molar-refractivity contribution in [1.82, 2.24) is 9.80 Å². The average Bonchev–Trinajstić information content (AvgIpc) is 2.28. The first-order valence-electron chi connectivity index (χ1n) is 7.13. The Morgan fingerprint density at radius 2 is 1.61 bits per heavy atom. The van der Waals surface area contributed by atoms with Gasteiger partial charge in [-0.3, -0.25) is 9.80 Å². The smallest absolute Gasteiger partial charge is 0.0812 e. The van der Waals surface area contributed by atoms with E-state index in [9.17, 15) is 0 Å². The molecule has 0 radical (unpaired) electrons. The van der Waals surface area contributed by atoms with Crippen LogP contribution < -0.4 is 0 Å². The third-order valence-electron chi connectivity index (χ3n) is 3.24. The fraction of sp³-hybridized carbons (Fsp3) is 0.750. The first-order valence-corrected chi connectivity index (χ1v) is 7.13. The third kappa shape index (κ3) is 6.97. The summed E-state index contributed by atoms with van der Waals surface area (Å²) in [6, 6.07) is 0. The molecule has 0 saturated heterocycles. The maximum atomic E-state index is 2.48. The zero-order valence-electron chi connectivity index (χ0n) is 13.5. The molecule has 0 aromatic rings. The van der Waals surface area contributed by atoms with Crippen LogP contribution in [-0.4, -0.2) is 43.2 Å². The van der Waals surface area contributed by atoms with Gasteiger partial charge in [-0.15, -0.1) is 0 Å². The van der Waals surface area contributed by atoms with Crippen LogP contribution in [0.5, 0.6) is 0 Å². The fourth-order valence-corrected chi connectivity index (χ4v) is 2.11. The summed E-state index contributed by atoms with van der Waals surface area (Å²) >= 11 is 0. The van der Waals surface area contributed by atoms with E-state index >= 15 is 0 Å². The molecule has 0 bridgehead atoms. The molecule has 2 heteroatoms. The fourth-order valence-electron chi connectivity index (χ4n) is 2.11. The molecule has 0 amide bonds. The first kappa shape index (κ1) is 17.4. The topological polar surface area (TPSA) is 6.48 Å². The van der Waals surface area contributed by atoms with Gasteiger partial charge in [-0.25, -0.2) is 0 Å². The highest BCUT2D eigenvalue weighted by Crippen LogP contribution is 2.12. The van der Waals surface area contributed by atoms with Crippen molar-refractivity contribution in [2.45, 2.75) is 53.6 Å². The highest BCUT2D eigenvalue weighted by Gasteiger charge is 2.14. The van der Waals surface area contributed by atoms with Crippen LogP contribution in [0.2, 0.25) is 0 Å². The molecule has 0 aliphatic carbocycles. The van der Waals surface area contributed by atoms with E-state index in [0.717, 1.165) is 25.9 Å². The van der Waals surface area contributed by atoms with Crippen molar-refractivity contribution in [3.8, 4) is 0 Å². The lowest BCUT2D eigenvalue weighted by atomic mass is 10.1. The molecule has 0 heterocycles. The van der Waals surface area contributed by atoms with Crippen LogP contribution in [0.15, 0.2) is 23.3 Å². The molecule has 0 N–H and O–H groups in total. The number of hydrogen-bond donors (Lipinski definition) is 0. The monoisotopic (exact) mass is 252 g/mol.